The van der Waals surface area contributed by atoms with E-state index in [1.165, 1.54) is 0 Å². The van der Waals surface area contributed by atoms with E-state index in [4.69, 9.17) is 13.9 Å². The van der Waals surface area contributed by atoms with Crippen LogP contribution in [-0.2, 0) is 22.6 Å². The number of ether oxygens (including phenoxy) is 2. The van der Waals surface area contributed by atoms with Crippen molar-refractivity contribution in [1.82, 2.24) is 9.80 Å². The third-order valence-corrected chi connectivity index (χ3v) is 5.75. The molecule has 2 aromatic rings. The second kappa shape index (κ2) is 8.29. The Hall–Kier alpha value is -2.80. The minimum absolute atomic E-state index is 0.00390. The summed E-state index contributed by atoms with van der Waals surface area (Å²) in [5, 5.41) is 0. The van der Waals surface area contributed by atoms with Crippen molar-refractivity contribution < 1.29 is 23.5 Å². The first-order valence-corrected chi connectivity index (χ1v) is 9.97. The number of amides is 2. The Bertz CT molecular complexity index is 912. The Balaban J connectivity index is 1.31. The molecule has 1 aromatic heterocycles. The van der Waals surface area contributed by atoms with Crippen LogP contribution < -0.4 is 4.74 Å². The third kappa shape index (κ3) is 4.00. The second-order valence-corrected chi connectivity index (χ2v) is 7.53. The van der Waals surface area contributed by atoms with Crippen LogP contribution in [0.1, 0.15) is 32.8 Å². The van der Waals surface area contributed by atoms with Crippen LogP contribution in [0.25, 0.3) is 0 Å². The van der Waals surface area contributed by atoms with E-state index in [-0.39, 0.29) is 18.4 Å². The van der Waals surface area contributed by atoms with E-state index in [0.29, 0.717) is 51.6 Å². The van der Waals surface area contributed by atoms with E-state index >= 15 is 0 Å². The van der Waals surface area contributed by atoms with Crippen LogP contribution in [0.4, 0.5) is 0 Å². The number of benzene rings is 1. The maximum atomic E-state index is 12.9. The van der Waals surface area contributed by atoms with E-state index < -0.39 is 0 Å². The van der Waals surface area contributed by atoms with Crippen molar-refractivity contribution in [2.75, 3.05) is 39.4 Å². The molecular formula is C22H26N2O5. The molecule has 0 unspecified atom stereocenters. The zero-order valence-corrected chi connectivity index (χ0v) is 16.9. The molecule has 0 radical (unpaired) electrons. The fourth-order valence-electron chi connectivity index (χ4n) is 3.76. The van der Waals surface area contributed by atoms with Crippen molar-refractivity contribution >= 4 is 11.8 Å². The predicted molar refractivity (Wildman–Crippen MR) is 106 cm³/mol. The number of piperazine rings is 1. The number of aryl methyl sites for hydroxylation is 1. The first-order valence-electron chi connectivity index (χ1n) is 9.97. The Labute approximate surface area is 170 Å². The topological polar surface area (TPSA) is 72.2 Å². The van der Waals surface area contributed by atoms with Gasteiger partial charge in [-0.15, -0.1) is 0 Å². The van der Waals surface area contributed by atoms with Gasteiger partial charge in [-0.3, -0.25) is 9.59 Å². The van der Waals surface area contributed by atoms with Gasteiger partial charge in [-0.25, -0.2) is 0 Å². The van der Waals surface area contributed by atoms with Crippen LogP contribution in [0.2, 0.25) is 0 Å². The molecule has 0 N–H and O–H groups in total. The average molecular weight is 398 g/mol. The highest BCUT2D eigenvalue weighted by molar-refractivity contribution is 5.93. The smallest absolute Gasteiger partial charge is 0.289 e. The van der Waals surface area contributed by atoms with Gasteiger partial charge in [-0.2, -0.15) is 0 Å². The number of carbonyl (C=O) groups is 2. The van der Waals surface area contributed by atoms with Crippen molar-refractivity contribution in [2.24, 2.45) is 0 Å². The maximum absolute atomic E-state index is 12.9. The summed E-state index contributed by atoms with van der Waals surface area (Å²) in [6, 6.07) is 5.82. The molecule has 2 aliphatic heterocycles. The van der Waals surface area contributed by atoms with Crippen molar-refractivity contribution in [3.63, 3.8) is 0 Å². The quantitative estimate of drug-likeness (QED) is 0.791. The van der Waals surface area contributed by atoms with Crippen LogP contribution in [0.3, 0.4) is 0 Å². The summed E-state index contributed by atoms with van der Waals surface area (Å²) in [5.41, 5.74) is 4.09. The van der Waals surface area contributed by atoms with Crippen LogP contribution in [0, 0.1) is 13.8 Å². The zero-order valence-electron chi connectivity index (χ0n) is 16.9. The Kier molecular flexibility index (Phi) is 5.58. The van der Waals surface area contributed by atoms with Gasteiger partial charge < -0.3 is 23.7 Å². The average Bonchev–Trinajstić information content (AvgIpc) is 3.18. The Morgan fingerprint density at radius 2 is 1.86 bits per heavy atom. The largest absolute Gasteiger partial charge is 0.483 e. The first kappa shape index (κ1) is 19.5. The summed E-state index contributed by atoms with van der Waals surface area (Å²) >= 11 is 0. The van der Waals surface area contributed by atoms with Gasteiger partial charge in [0, 0.05) is 43.7 Å². The monoisotopic (exact) mass is 398 g/mol. The summed E-state index contributed by atoms with van der Waals surface area (Å²) in [6.07, 6.45) is 2.31. The molecule has 0 atom stereocenters. The van der Waals surface area contributed by atoms with Gasteiger partial charge in [0.05, 0.1) is 19.5 Å². The number of fused-ring (bicyclic) bond motifs is 1. The molecule has 1 saturated heterocycles. The van der Waals surface area contributed by atoms with Crippen molar-refractivity contribution in [3.8, 4) is 5.75 Å². The van der Waals surface area contributed by atoms with Crippen LogP contribution in [0.15, 0.2) is 28.9 Å². The SMILES string of the molecule is Cc1cccc(OCC(=O)N2CCN(C(=O)c3occ4c3CCOC4)CC2)c1C. The van der Waals surface area contributed by atoms with Crippen LogP contribution in [-0.4, -0.2) is 61.0 Å². The molecule has 0 aliphatic carbocycles. The molecule has 154 valence electrons. The van der Waals surface area contributed by atoms with E-state index in [1.807, 2.05) is 32.0 Å². The fourth-order valence-corrected chi connectivity index (χ4v) is 3.76. The molecule has 0 saturated carbocycles. The molecule has 2 amide bonds. The lowest BCUT2D eigenvalue weighted by molar-refractivity contribution is -0.134. The number of furan rings is 1. The van der Waals surface area contributed by atoms with Gasteiger partial charge in [-0.05, 0) is 31.0 Å². The van der Waals surface area contributed by atoms with E-state index in [0.717, 1.165) is 28.0 Å². The van der Waals surface area contributed by atoms with Gasteiger partial charge >= 0.3 is 0 Å². The molecule has 1 aromatic carbocycles. The fraction of sp³-hybridized carbons (Fsp3) is 0.455. The summed E-state index contributed by atoms with van der Waals surface area (Å²) in [6.45, 7) is 7.07. The van der Waals surface area contributed by atoms with Crippen LogP contribution in [0.5, 0.6) is 5.75 Å². The molecule has 0 bridgehead atoms. The summed E-state index contributed by atoms with van der Waals surface area (Å²) in [4.78, 5) is 28.9. The minimum Gasteiger partial charge on any atom is -0.483 e. The van der Waals surface area contributed by atoms with Gasteiger partial charge in [0.25, 0.3) is 11.8 Å². The number of rotatable bonds is 4. The number of hydrogen-bond acceptors (Lipinski definition) is 5. The Morgan fingerprint density at radius 3 is 2.66 bits per heavy atom. The van der Waals surface area contributed by atoms with E-state index in [1.54, 1.807) is 16.1 Å². The highest BCUT2D eigenvalue weighted by Crippen LogP contribution is 2.25. The minimum atomic E-state index is -0.105. The molecule has 0 spiro atoms. The van der Waals surface area contributed by atoms with Gasteiger partial charge in [0.1, 0.15) is 5.75 Å². The second-order valence-electron chi connectivity index (χ2n) is 7.53. The molecule has 2 aliphatic rings. The van der Waals surface area contributed by atoms with Crippen molar-refractivity contribution in [2.45, 2.75) is 26.9 Å². The van der Waals surface area contributed by atoms with Crippen LogP contribution >= 0.6 is 0 Å². The molecule has 7 heteroatoms. The molecular weight excluding hydrogens is 372 g/mol. The highest BCUT2D eigenvalue weighted by Gasteiger charge is 2.30. The summed E-state index contributed by atoms with van der Waals surface area (Å²) in [5.74, 6) is 0.984. The molecule has 29 heavy (non-hydrogen) atoms. The van der Waals surface area contributed by atoms with Crippen molar-refractivity contribution in [3.05, 3.63) is 52.5 Å². The van der Waals surface area contributed by atoms with E-state index in [9.17, 15) is 9.59 Å². The van der Waals surface area contributed by atoms with Gasteiger partial charge in [0.2, 0.25) is 0 Å². The van der Waals surface area contributed by atoms with Gasteiger partial charge in [0.15, 0.2) is 12.4 Å². The molecule has 1 fully saturated rings. The zero-order chi connectivity index (χ0) is 20.4. The third-order valence-electron chi connectivity index (χ3n) is 5.75. The predicted octanol–water partition coefficient (Wildman–Crippen LogP) is 2.33. The lowest BCUT2D eigenvalue weighted by Gasteiger charge is -2.34. The highest BCUT2D eigenvalue weighted by atomic mass is 16.5. The normalized spacial score (nSPS) is 16.5. The maximum Gasteiger partial charge on any atom is 0.289 e. The standard InChI is InChI=1S/C22H26N2O5/c1-15-4-3-5-19(16(15)2)28-14-20(25)23-7-9-24(10-8-23)22(26)21-18-6-11-27-12-17(18)13-29-21/h3-5,13H,6-12,14H2,1-2H3. The number of carbonyl (C=O) groups excluding carboxylic acids is 2. The summed E-state index contributed by atoms with van der Waals surface area (Å²) in [7, 11) is 0. The molecule has 4 rings (SSSR count). The summed E-state index contributed by atoms with van der Waals surface area (Å²) < 4.78 is 16.7. The lowest BCUT2D eigenvalue weighted by atomic mass is 10.1. The van der Waals surface area contributed by atoms with E-state index in [2.05, 4.69) is 0 Å². The Morgan fingerprint density at radius 1 is 1.10 bits per heavy atom. The van der Waals surface area contributed by atoms with Gasteiger partial charge in [-0.1, -0.05) is 12.1 Å². The van der Waals surface area contributed by atoms with Crippen molar-refractivity contribution in [1.29, 1.82) is 0 Å². The molecule has 7 nitrogen and oxygen atoms in total. The molecule has 3 heterocycles. The number of nitrogens with zero attached hydrogens (tertiary/aromatic N) is 2. The lowest BCUT2D eigenvalue weighted by Crippen LogP contribution is -2.51. The number of hydrogen-bond donors (Lipinski definition) is 0. The first-order chi connectivity index (χ1) is 14.0.